The number of nitrogens with one attached hydrogen (secondary N) is 3. The van der Waals surface area contributed by atoms with Crippen molar-refractivity contribution in [1.82, 2.24) is 15.4 Å². The Morgan fingerprint density at radius 1 is 1.19 bits per heavy atom. The van der Waals surface area contributed by atoms with Gasteiger partial charge in [-0.1, -0.05) is 12.8 Å². The van der Waals surface area contributed by atoms with Crippen molar-refractivity contribution < 1.29 is 13.2 Å². The summed E-state index contributed by atoms with van der Waals surface area (Å²) in [5, 5.41) is 6.20. The largest absolute Gasteiger partial charge is 0.351 e. The molecule has 120 valence electrons. The van der Waals surface area contributed by atoms with Gasteiger partial charge in [0, 0.05) is 12.5 Å². The fourth-order valence-electron chi connectivity index (χ4n) is 4.06. The number of hydrogen-bond acceptors (Lipinski definition) is 4. The van der Waals surface area contributed by atoms with Crippen molar-refractivity contribution in [3.8, 4) is 0 Å². The first-order valence-electron chi connectivity index (χ1n) is 8.01. The quantitative estimate of drug-likeness (QED) is 0.687. The molecule has 2 heterocycles. The van der Waals surface area contributed by atoms with Crippen molar-refractivity contribution in [2.75, 3.05) is 18.8 Å². The lowest BCUT2D eigenvalue weighted by Crippen LogP contribution is -2.58. The highest BCUT2D eigenvalue weighted by molar-refractivity contribution is 7.89. The molecule has 6 nitrogen and oxygen atoms in total. The molecule has 0 aromatic rings. The van der Waals surface area contributed by atoms with Crippen LogP contribution >= 0.6 is 0 Å². The first-order valence-corrected chi connectivity index (χ1v) is 9.66. The molecule has 2 aliphatic heterocycles. The molecule has 3 N–H and O–H groups in total. The van der Waals surface area contributed by atoms with E-state index in [4.69, 9.17) is 0 Å². The van der Waals surface area contributed by atoms with Crippen molar-refractivity contribution in [3.63, 3.8) is 0 Å². The van der Waals surface area contributed by atoms with Gasteiger partial charge in [0.15, 0.2) is 0 Å². The second-order valence-corrected chi connectivity index (χ2v) is 8.54. The van der Waals surface area contributed by atoms with Crippen molar-refractivity contribution >= 4 is 15.9 Å². The van der Waals surface area contributed by atoms with Crippen molar-refractivity contribution in [2.24, 2.45) is 5.92 Å². The molecule has 1 amide bonds. The van der Waals surface area contributed by atoms with Crippen LogP contribution in [0.4, 0.5) is 0 Å². The monoisotopic (exact) mass is 315 g/mol. The number of rotatable bonds is 4. The zero-order valence-corrected chi connectivity index (χ0v) is 13.2. The van der Waals surface area contributed by atoms with Crippen LogP contribution in [-0.4, -0.2) is 44.7 Å². The van der Waals surface area contributed by atoms with Gasteiger partial charge in [0.2, 0.25) is 15.9 Å². The molecular formula is C14H25N3O3S. The first-order chi connectivity index (χ1) is 9.99. The lowest BCUT2D eigenvalue weighted by atomic mass is 9.79. The molecule has 0 spiro atoms. The summed E-state index contributed by atoms with van der Waals surface area (Å²) in [4.78, 5) is 11.7. The van der Waals surface area contributed by atoms with Gasteiger partial charge in [-0.15, -0.1) is 0 Å². The topological polar surface area (TPSA) is 87.3 Å². The number of carbonyl (C=O) groups excluding carboxylic acids is 1. The van der Waals surface area contributed by atoms with Crippen LogP contribution in [0.25, 0.3) is 0 Å². The molecule has 0 unspecified atom stereocenters. The van der Waals surface area contributed by atoms with E-state index in [2.05, 4.69) is 15.4 Å². The van der Waals surface area contributed by atoms with Crippen molar-refractivity contribution in [3.05, 3.63) is 0 Å². The Morgan fingerprint density at radius 3 is 2.71 bits per heavy atom. The van der Waals surface area contributed by atoms with Crippen LogP contribution in [0.3, 0.4) is 0 Å². The number of fused-ring (bicyclic) bond motifs is 1. The predicted molar refractivity (Wildman–Crippen MR) is 80.3 cm³/mol. The summed E-state index contributed by atoms with van der Waals surface area (Å²) in [5.74, 6) is 0.399. The van der Waals surface area contributed by atoms with Crippen LogP contribution < -0.4 is 15.4 Å². The van der Waals surface area contributed by atoms with Gasteiger partial charge in [-0.25, -0.2) is 13.1 Å². The molecule has 0 aromatic carbocycles. The molecule has 0 aromatic heterocycles. The van der Waals surface area contributed by atoms with E-state index in [0.29, 0.717) is 6.42 Å². The zero-order chi connectivity index (χ0) is 14.9. The van der Waals surface area contributed by atoms with E-state index in [1.165, 1.54) is 0 Å². The van der Waals surface area contributed by atoms with E-state index in [-0.39, 0.29) is 23.6 Å². The van der Waals surface area contributed by atoms with E-state index in [1.54, 1.807) is 0 Å². The maximum Gasteiger partial charge on any atom is 0.222 e. The molecule has 3 fully saturated rings. The van der Waals surface area contributed by atoms with Crippen LogP contribution in [0.5, 0.6) is 0 Å². The minimum atomic E-state index is -3.34. The summed E-state index contributed by atoms with van der Waals surface area (Å²) in [6.07, 6.45) is 5.81. The van der Waals surface area contributed by atoms with Crippen molar-refractivity contribution in [2.45, 2.75) is 56.5 Å². The van der Waals surface area contributed by atoms with Crippen LogP contribution in [-0.2, 0) is 14.8 Å². The summed E-state index contributed by atoms with van der Waals surface area (Å²) in [5.41, 5.74) is -0.568. The third kappa shape index (κ3) is 3.40. The van der Waals surface area contributed by atoms with Gasteiger partial charge in [-0.3, -0.25) is 4.79 Å². The Morgan fingerprint density at radius 2 is 1.95 bits per heavy atom. The third-order valence-corrected chi connectivity index (χ3v) is 6.74. The second-order valence-electron chi connectivity index (χ2n) is 6.78. The molecular weight excluding hydrogens is 290 g/mol. The SMILES string of the molecule is O=C1C[C@]2(NS(=O)(=O)CC3CCNCC3)CCCC[C@@H]2N1. The summed E-state index contributed by atoms with van der Waals surface area (Å²) in [7, 11) is -3.34. The maximum absolute atomic E-state index is 12.5. The average Bonchev–Trinajstić information content (AvgIpc) is 2.73. The lowest BCUT2D eigenvalue weighted by molar-refractivity contribution is -0.119. The number of sulfonamides is 1. The fourth-order valence-corrected chi connectivity index (χ4v) is 6.03. The van der Waals surface area contributed by atoms with E-state index in [0.717, 1.165) is 51.6 Å². The molecule has 21 heavy (non-hydrogen) atoms. The Kier molecular flexibility index (Phi) is 4.25. The molecule has 0 radical (unpaired) electrons. The van der Waals surface area contributed by atoms with E-state index in [1.807, 2.05) is 0 Å². The van der Waals surface area contributed by atoms with E-state index >= 15 is 0 Å². The van der Waals surface area contributed by atoms with Gasteiger partial charge >= 0.3 is 0 Å². The Labute approximate surface area is 126 Å². The minimum Gasteiger partial charge on any atom is -0.351 e. The second kappa shape index (κ2) is 5.85. The predicted octanol–water partition coefficient (Wildman–Crippen LogP) is 0.107. The van der Waals surface area contributed by atoms with Crippen LogP contribution in [0.15, 0.2) is 0 Å². The Hall–Kier alpha value is -0.660. The van der Waals surface area contributed by atoms with Crippen molar-refractivity contribution in [1.29, 1.82) is 0 Å². The smallest absolute Gasteiger partial charge is 0.222 e. The minimum absolute atomic E-state index is 0.0218. The van der Waals surface area contributed by atoms with Gasteiger partial charge < -0.3 is 10.6 Å². The van der Waals surface area contributed by atoms with Gasteiger partial charge in [0.05, 0.1) is 11.3 Å². The van der Waals surface area contributed by atoms with E-state index < -0.39 is 15.6 Å². The summed E-state index contributed by atoms with van der Waals surface area (Å²) < 4.78 is 28.0. The molecule has 1 saturated carbocycles. The molecule has 1 aliphatic carbocycles. The average molecular weight is 315 g/mol. The summed E-state index contributed by atoms with van der Waals surface area (Å²) in [6.45, 7) is 1.79. The zero-order valence-electron chi connectivity index (χ0n) is 12.4. The Bertz CT molecular complexity index is 502. The third-order valence-electron chi connectivity index (χ3n) is 5.12. The van der Waals surface area contributed by atoms with Crippen LogP contribution in [0.2, 0.25) is 0 Å². The lowest BCUT2D eigenvalue weighted by Gasteiger charge is -2.38. The van der Waals surface area contributed by atoms with Crippen LogP contribution in [0.1, 0.15) is 44.9 Å². The van der Waals surface area contributed by atoms with Gasteiger partial charge in [-0.2, -0.15) is 0 Å². The molecule has 7 heteroatoms. The molecule has 0 bridgehead atoms. The molecule has 3 aliphatic rings. The molecule has 3 rings (SSSR count). The van der Waals surface area contributed by atoms with Gasteiger partial charge in [0.25, 0.3) is 0 Å². The number of carbonyl (C=O) groups is 1. The summed E-state index contributed by atoms with van der Waals surface area (Å²) in [6, 6.07) is -0.0263. The van der Waals surface area contributed by atoms with Gasteiger partial charge in [-0.05, 0) is 44.7 Å². The van der Waals surface area contributed by atoms with Gasteiger partial charge in [0.1, 0.15) is 0 Å². The number of hydrogen-bond donors (Lipinski definition) is 3. The van der Waals surface area contributed by atoms with E-state index in [9.17, 15) is 13.2 Å². The Balaban J connectivity index is 1.69. The standard InChI is InChI=1S/C14H25N3O3S/c18-13-9-14(6-2-1-3-12(14)16-13)17-21(19,20)10-11-4-7-15-8-5-11/h11-12,15,17H,1-10H2,(H,16,18)/t12-,14+/m0/s1. The highest BCUT2D eigenvalue weighted by Gasteiger charge is 2.50. The molecule has 2 atom stereocenters. The normalized spacial score (nSPS) is 34.5. The fraction of sp³-hybridized carbons (Fsp3) is 0.929. The maximum atomic E-state index is 12.5. The highest BCUT2D eigenvalue weighted by Crippen LogP contribution is 2.36. The summed E-state index contributed by atoms with van der Waals surface area (Å²) >= 11 is 0. The number of amides is 1. The first kappa shape index (κ1) is 15.2. The molecule has 2 saturated heterocycles. The van der Waals surface area contributed by atoms with Crippen LogP contribution in [0, 0.1) is 5.92 Å². The highest BCUT2D eigenvalue weighted by atomic mass is 32.2. The number of piperidine rings is 1.